The molecule has 0 aliphatic carbocycles. The maximum atomic E-state index is 13.5. The molecule has 0 saturated carbocycles. The summed E-state index contributed by atoms with van der Waals surface area (Å²) in [5.74, 6) is 3.00. The number of aryl methyl sites for hydroxylation is 1. The first kappa shape index (κ1) is 21.5. The summed E-state index contributed by atoms with van der Waals surface area (Å²) in [6.45, 7) is 7.12. The number of rotatable bonds is 7. The van der Waals surface area contributed by atoms with E-state index in [4.69, 9.17) is 4.52 Å². The van der Waals surface area contributed by atoms with Crippen LogP contribution in [-0.2, 0) is 6.54 Å². The summed E-state index contributed by atoms with van der Waals surface area (Å²) in [7, 11) is 0. The van der Waals surface area contributed by atoms with E-state index in [1.54, 1.807) is 0 Å². The Morgan fingerprint density at radius 3 is 2.52 bits per heavy atom. The number of benzene rings is 2. The highest BCUT2D eigenvalue weighted by molar-refractivity contribution is 7.99. The van der Waals surface area contributed by atoms with Crippen LogP contribution in [0.3, 0.4) is 0 Å². The van der Waals surface area contributed by atoms with Crippen molar-refractivity contribution in [1.29, 1.82) is 0 Å². The molecular weight excluding hydrogens is 406 g/mol. The fraction of sp³-hybridized carbons (Fsp3) is 0.360. The third-order valence-electron chi connectivity index (χ3n) is 5.62. The maximum Gasteiger partial charge on any atom is 0.254 e. The first-order chi connectivity index (χ1) is 15.2. The van der Waals surface area contributed by atoms with E-state index in [9.17, 15) is 4.79 Å². The molecule has 0 unspecified atom stereocenters. The van der Waals surface area contributed by atoms with Gasteiger partial charge in [0.15, 0.2) is 0 Å². The minimum atomic E-state index is 0.0558. The average molecular weight is 436 g/mol. The van der Waals surface area contributed by atoms with Gasteiger partial charge in [0, 0.05) is 42.3 Å². The number of aromatic nitrogens is 1. The molecule has 4 rings (SSSR count). The summed E-state index contributed by atoms with van der Waals surface area (Å²) in [5, 5.41) is 4.46. The van der Waals surface area contributed by atoms with Gasteiger partial charge < -0.3 is 14.3 Å². The smallest absolute Gasteiger partial charge is 0.254 e. The van der Waals surface area contributed by atoms with Crippen LogP contribution in [0, 0.1) is 6.92 Å². The van der Waals surface area contributed by atoms with Gasteiger partial charge in [0.1, 0.15) is 5.69 Å². The number of carbonyl (C=O) groups is 1. The standard InChI is InChI=1S/C25H29N3O2S/c1-3-13-28(24(29)21-12-8-7-9-19(21)2)18-22-23(20-10-5-4-6-11-20)26-30-25(22)27-14-16-31-17-15-27/h4-12H,3,13-18H2,1-2H3. The SMILES string of the molecule is CCCN(Cc1c(-c2ccccc2)noc1N1CCSCC1)C(=O)c1ccccc1C. The number of amides is 1. The lowest BCUT2D eigenvalue weighted by Gasteiger charge is -2.28. The van der Waals surface area contributed by atoms with Crippen LogP contribution < -0.4 is 4.90 Å². The Kier molecular flexibility index (Phi) is 6.97. The molecule has 2 aromatic carbocycles. The van der Waals surface area contributed by atoms with Gasteiger partial charge in [0.2, 0.25) is 5.88 Å². The quantitative estimate of drug-likeness (QED) is 0.507. The highest BCUT2D eigenvalue weighted by Crippen LogP contribution is 2.34. The summed E-state index contributed by atoms with van der Waals surface area (Å²) in [6.07, 6.45) is 0.888. The second kappa shape index (κ2) is 10.1. The summed E-state index contributed by atoms with van der Waals surface area (Å²) >= 11 is 1.96. The van der Waals surface area contributed by atoms with Gasteiger partial charge in [-0.2, -0.15) is 11.8 Å². The van der Waals surface area contributed by atoms with Crippen molar-refractivity contribution in [2.75, 3.05) is 36.0 Å². The number of hydrogen-bond donors (Lipinski definition) is 0. The zero-order valence-electron chi connectivity index (χ0n) is 18.2. The zero-order chi connectivity index (χ0) is 21.6. The molecule has 1 aliphatic heterocycles. The van der Waals surface area contributed by atoms with Crippen LogP contribution in [-0.4, -0.2) is 47.1 Å². The average Bonchev–Trinajstić information content (AvgIpc) is 3.23. The monoisotopic (exact) mass is 435 g/mol. The van der Waals surface area contributed by atoms with Crippen molar-refractivity contribution in [2.45, 2.75) is 26.8 Å². The van der Waals surface area contributed by atoms with Crippen LogP contribution in [0.2, 0.25) is 0 Å². The highest BCUT2D eigenvalue weighted by Gasteiger charge is 2.27. The first-order valence-corrected chi connectivity index (χ1v) is 12.1. The molecule has 0 radical (unpaired) electrons. The number of nitrogens with zero attached hydrogens (tertiary/aromatic N) is 3. The van der Waals surface area contributed by atoms with Gasteiger partial charge in [-0.05, 0) is 25.0 Å². The molecule has 1 saturated heterocycles. The van der Waals surface area contributed by atoms with Crippen LogP contribution >= 0.6 is 11.8 Å². The first-order valence-electron chi connectivity index (χ1n) is 10.9. The van der Waals surface area contributed by atoms with Gasteiger partial charge in [0.25, 0.3) is 5.91 Å². The van der Waals surface area contributed by atoms with Gasteiger partial charge in [-0.3, -0.25) is 4.79 Å². The molecule has 3 aromatic rings. The lowest BCUT2D eigenvalue weighted by molar-refractivity contribution is 0.0743. The second-order valence-corrected chi connectivity index (χ2v) is 9.05. The molecule has 0 atom stereocenters. The highest BCUT2D eigenvalue weighted by atomic mass is 32.2. The summed E-state index contributed by atoms with van der Waals surface area (Å²) < 4.78 is 5.91. The van der Waals surface area contributed by atoms with Crippen molar-refractivity contribution in [3.05, 3.63) is 71.3 Å². The largest absolute Gasteiger partial charge is 0.339 e. The molecular formula is C25H29N3O2S. The van der Waals surface area contributed by atoms with E-state index in [0.717, 1.165) is 64.8 Å². The van der Waals surface area contributed by atoms with Gasteiger partial charge in [-0.15, -0.1) is 0 Å². The number of carbonyl (C=O) groups excluding carboxylic acids is 1. The molecule has 6 heteroatoms. The normalized spacial score (nSPS) is 13.9. The van der Waals surface area contributed by atoms with Crippen LogP contribution in [0.5, 0.6) is 0 Å². The Bertz CT molecular complexity index is 1010. The Morgan fingerprint density at radius 2 is 1.81 bits per heavy atom. The molecule has 0 bridgehead atoms. The Morgan fingerprint density at radius 1 is 1.10 bits per heavy atom. The zero-order valence-corrected chi connectivity index (χ0v) is 19.0. The molecule has 1 aliphatic rings. The van der Waals surface area contributed by atoms with E-state index in [0.29, 0.717) is 13.1 Å². The van der Waals surface area contributed by atoms with Crippen LogP contribution in [0.1, 0.15) is 34.8 Å². The number of hydrogen-bond acceptors (Lipinski definition) is 5. The Balaban J connectivity index is 1.72. The molecule has 2 heterocycles. The summed E-state index contributed by atoms with van der Waals surface area (Å²) in [6, 6.07) is 17.9. The topological polar surface area (TPSA) is 49.6 Å². The van der Waals surface area contributed by atoms with Gasteiger partial charge in [-0.25, -0.2) is 0 Å². The van der Waals surface area contributed by atoms with Crippen molar-refractivity contribution in [3.8, 4) is 11.3 Å². The maximum absolute atomic E-state index is 13.5. The predicted molar refractivity (Wildman–Crippen MR) is 128 cm³/mol. The molecule has 162 valence electrons. The molecule has 1 aromatic heterocycles. The summed E-state index contributed by atoms with van der Waals surface area (Å²) in [4.78, 5) is 17.7. The Hall–Kier alpha value is -2.73. The third-order valence-corrected chi connectivity index (χ3v) is 6.56. The molecule has 0 spiro atoms. The van der Waals surface area contributed by atoms with Gasteiger partial charge >= 0.3 is 0 Å². The summed E-state index contributed by atoms with van der Waals surface area (Å²) in [5.41, 5.74) is 4.58. The lowest BCUT2D eigenvalue weighted by Crippen LogP contribution is -2.35. The molecule has 1 amide bonds. The lowest BCUT2D eigenvalue weighted by atomic mass is 10.0. The fourth-order valence-electron chi connectivity index (χ4n) is 3.98. The molecule has 1 fully saturated rings. The minimum Gasteiger partial charge on any atom is -0.339 e. The molecule has 5 nitrogen and oxygen atoms in total. The van der Waals surface area contributed by atoms with Crippen molar-refractivity contribution < 1.29 is 9.32 Å². The van der Waals surface area contributed by atoms with Crippen molar-refractivity contribution in [2.24, 2.45) is 0 Å². The van der Waals surface area contributed by atoms with Gasteiger partial charge in [0.05, 0.1) is 12.1 Å². The third kappa shape index (κ3) is 4.79. The van der Waals surface area contributed by atoms with E-state index >= 15 is 0 Å². The van der Waals surface area contributed by atoms with Gasteiger partial charge in [-0.1, -0.05) is 60.6 Å². The number of thioether (sulfide) groups is 1. The van der Waals surface area contributed by atoms with Crippen LogP contribution in [0.4, 0.5) is 5.88 Å². The van der Waals surface area contributed by atoms with E-state index in [2.05, 4.69) is 17.0 Å². The second-order valence-electron chi connectivity index (χ2n) is 7.82. The van der Waals surface area contributed by atoms with Crippen LogP contribution in [0.25, 0.3) is 11.3 Å². The fourth-order valence-corrected chi connectivity index (χ4v) is 4.88. The van der Waals surface area contributed by atoms with Crippen LogP contribution in [0.15, 0.2) is 59.1 Å². The molecule has 0 N–H and O–H groups in total. The Labute approximate surface area is 188 Å². The van der Waals surface area contributed by atoms with E-state index in [-0.39, 0.29) is 5.91 Å². The minimum absolute atomic E-state index is 0.0558. The number of anilines is 1. The van der Waals surface area contributed by atoms with E-state index in [1.807, 2.05) is 78.2 Å². The van der Waals surface area contributed by atoms with E-state index in [1.165, 1.54) is 0 Å². The predicted octanol–water partition coefficient (Wildman–Crippen LogP) is 5.26. The molecule has 31 heavy (non-hydrogen) atoms. The van der Waals surface area contributed by atoms with Crippen molar-refractivity contribution in [3.63, 3.8) is 0 Å². The van der Waals surface area contributed by atoms with E-state index < -0.39 is 0 Å². The van der Waals surface area contributed by atoms with Crippen molar-refractivity contribution >= 4 is 23.6 Å². The van der Waals surface area contributed by atoms with Crippen molar-refractivity contribution in [1.82, 2.24) is 10.1 Å².